The highest BCUT2D eigenvalue weighted by molar-refractivity contribution is 5.92. The van der Waals surface area contributed by atoms with Crippen LogP contribution in [-0.4, -0.2) is 53.1 Å². The number of amides is 1. The van der Waals surface area contributed by atoms with Crippen molar-refractivity contribution in [3.05, 3.63) is 11.6 Å². The lowest BCUT2D eigenvalue weighted by Gasteiger charge is -2.28. The molecule has 0 aromatic rings. The Morgan fingerprint density at radius 1 is 0.756 bits per heavy atom. The smallest absolute Gasteiger partial charge is 0.410 e. The zero-order chi connectivity index (χ0) is 33.2. The highest BCUT2D eigenvalue weighted by Crippen LogP contribution is 2.30. The van der Waals surface area contributed by atoms with Gasteiger partial charge in [0, 0.05) is 22.9 Å². The fourth-order valence-corrected chi connectivity index (χ4v) is 3.22. The van der Waals surface area contributed by atoms with E-state index in [-0.39, 0.29) is 46.7 Å². The number of hydrogen-bond donors (Lipinski definition) is 0. The van der Waals surface area contributed by atoms with Crippen molar-refractivity contribution in [2.24, 2.45) is 16.0 Å². The van der Waals surface area contributed by atoms with Crippen molar-refractivity contribution in [3.8, 4) is 0 Å². The maximum absolute atomic E-state index is 11.1. The highest BCUT2D eigenvalue weighted by Gasteiger charge is 2.35. The second kappa shape index (κ2) is 20.8. The SMILES string of the molecule is CCC.CCC.CCC.C[C@H]1C=C(C(C)(C)C)C(=O)O1.C[C@H]1CC(C(C)(C)C)=NO1.C[C@H]1CN(C(C)(C)C)C(=O)O1. The van der Waals surface area contributed by atoms with Crippen molar-refractivity contribution >= 4 is 17.8 Å². The zero-order valence-electron chi connectivity index (χ0n) is 30.3. The zero-order valence-corrected chi connectivity index (χ0v) is 30.3. The first-order valence-electron chi connectivity index (χ1n) is 15.7. The van der Waals surface area contributed by atoms with Crippen LogP contribution in [0.4, 0.5) is 4.79 Å². The Balaban J connectivity index is -0.000000461. The maximum atomic E-state index is 11.1. The Hall–Kier alpha value is -2.05. The molecule has 0 unspecified atom stereocenters. The van der Waals surface area contributed by atoms with E-state index in [0.29, 0.717) is 6.54 Å². The Labute approximate surface area is 254 Å². The summed E-state index contributed by atoms with van der Waals surface area (Å²) in [5.41, 5.74) is 1.97. The molecule has 0 bridgehead atoms. The third kappa shape index (κ3) is 20.5. The van der Waals surface area contributed by atoms with Crippen LogP contribution >= 0.6 is 0 Å². The largest absolute Gasteiger partial charge is 0.455 e. The topological polar surface area (TPSA) is 77.4 Å². The molecule has 1 fully saturated rings. The Bertz CT molecular complexity index is 778. The van der Waals surface area contributed by atoms with Crippen LogP contribution in [-0.2, 0) is 19.1 Å². The number of carbonyl (C=O) groups is 2. The van der Waals surface area contributed by atoms with Crippen molar-refractivity contribution < 1.29 is 23.9 Å². The minimum Gasteiger partial charge on any atom is -0.455 e. The molecule has 3 atom stereocenters. The molecule has 3 aliphatic heterocycles. The summed E-state index contributed by atoms with van der Waals surface area (Å²) in [7, 11) is 0. The third-order valence-corrected chi connectivity index (χ3v) is 5.18. The summed E-state index contributed by atoms with van der Waals surface area (Å²) >= 11 is 0. The molecule has 7 heteroatoms. The van der Waals surface area contributed by atoms with Gasteiger partial charge in [-0.2, -0.15) is 0 Å². The van der Waals surface area contributed by atoms with Crippen molar-refractivity contribution in [1.29, 1.82) is 0 Å². The fraction of sp³-hybridized carbons (Fsp3) is 0.853. The van der Waals surface area contributed by atoms with E-state index < -0.39 is 0 Å². The van der Waals surface area contributed by atoms with Gasteiger partial charge in [-0.25, -0.2) is 9.59 Å². The lowest BCUT2D eigenvalue weighted by atomic mass is 9.86. The average Bonchev–Trinajstić information content (AvgIpc) is 3.47. The number of nitrogens with zero attached hydrogens (tertiary/aromatic N) is 2. The standard InChI is InChI=1S/C9H14O2.C8H15NO2.C8H15NO.3C3H8/c1-6-5-7(8(10)11-6)9(2,3)4;1-6-5-9(7(10)11-6)8(2,3)4;1-6-5-7(9-10-6)8(2,3)4;3*1-3-2/h5-6H,1-4H3;6H,5H2,1-4H3;6H,5H2,1-4H3;3*3H2,1-2H3/t3*6-;;;/m000.../s1. The van der Waals surface area contributed by atoms with Gasteiger partial charge < -0.3 is 14.3 Å². The van der Waals surface area contributed by atoms with Gasteiger partial charge in [-0.3, -0.25) is 4.90 Å². The monoisotopic (exact) mass is 585 g/mol. The molecule has 0 aromatic carbocycles. The van der Waals surface area contributed by atoms with Gasteiger partial charge >= 0.3 is 12.1 Å². The summed E-state index contributed by atoms with van der Waals surface area (Å²) in [5.74, 6) is -0.162. The van der Waals surface area contributed by atoms with Gasteiger partial charge in [0.25, 0.3) is 0 Å². The summed E-state index contributed by atoms with van der Waals surface area (Å²) in [4.78, 5) is 29.1. The van der Waals surface area contributed by atoms with Crippen LogP contribution in [0.15, 0.2) is 16.8 Å². The number of rotatable bonds is 0. The van der Waals surface area contributed by atoms with Crippen molar-refractivity contribution in [2.45, 2.75) is 174 Å². The summed E-state index contributed by atoms with van der Waals surface area (Å²) in [5, 5.41) is 4.00. The molecular weight excluding hydrogens is 516 g/mol. The van der Waals surface area contributed by atoms with Gasteiger partial charge in [0.2, 0.25) is 0 Å². The second-order valence-corrected chi connectivity index (χ2v) is 13.9. The maximum Gasteiger partial charge on any atom is 0.410 e. The number of cyclic esters (lactones) is 2. The Kier molecular flexibility index (Phi) is 22.0. The molecule has 7 nitrogen and oxygen atoms in total. The summed E-state index contributed by atoms with van der Waals surface area (Å²) < 4.78 is 9.96. The summed E-state index contributed by atoms with van der Waals surface area (Å²) in [6, 6.07) is 0. The molecule has 244 valence electrons. The molecule has 0 aliphatic carbocycles. The normalized spacial score (nSPS) is 21.2. The van der Waals surface area contributed by atoms with Crippen LogP contribution < -0.4 is 0 Å². The summed E-state index contributed by atoms with van der Waals surface area (Å²) in [6.45, 7) is 37.8. The molecule has 0 aromatic heterocycles. The second-order valence-electron chi connectivity index (χ2n) is 13.9. The molecule has 0 radical (unpaired) electrons. The van der Waals surface area contributed by atoms with E-state index in [1.54, 1.807) is 4.90 Å². The predicted octanol–water partition coefficient (Wildman–Crippen LogP) is 9.98. The first kappa shape index (κ1) is 43.4. The highest BCUT2D eigenvalue weighted by atomic mass is 16.6. The molecule has 3 heterocycles. The Morgan fingerprint density at radius 3 is 1.34 bits per heavy atom. The van der Waals surface area contributed by atoms with Crippen molar-refractivity contribution in [2.75, 3.05) is 6.54 Å². The molecule has 1 saturated heterocycles. The number of oxime groups is 1. The van der Waals surface area contributed by atoms with E-state index in [9.17, 15) is 9.59 Å². The minimum atomic E-state index is -0.190. The molecule has 0 N–H and O–H groups in total. The molecule has 0 spiro atoms. The minimum absolute atomic E-state index is 0.0433. The number of carbonyl (C=O) groups excluding carboxylic acids is 2. The first-order chi connectivity index (χ1) is 18.6. The predicted molar refractivity (Wildman–Crippen MR) is 175 cm³/mol. The van der Waals surface area contributed by atoms with Crippen molar-refractivity contribution in [1.82, 2.24) is 4.90 Å². The lowest BCUT2D eigenvalue weighted by Crippen LogP contribution is -2.42. The lowest BCUT2D eigenvalue weighted by molar-refractivity contribution is -0.139. The summed E-state index contributed by atoms with van der Waals surface area (Å²) in [6.07, 6.45) is 6.73. The van der Waals surface area contributed by atoms with Gasteiger partial charge in [-0.05, 0) is 53.0 Å². The van der Waals surface area contributed by atoms with Gasteiger partial charge in [-0.1, -0.05) is 108 Å². The number of hydrogen-bond acceptors (Lipinski definition) is 6. The van der Waals surface area contributed by atoms with E-state index in [1.807, 2.05) is 68.4 Å². The van der Waals surface area contributed by atoms with Crippen LogP contribution in [0.5, 0.6) is 0 Å². The molecular formula is C34H68N2O5. The van der Waals surface area contributed by atoms with E-state index in [1.165, 1.54) is 25.0 Å². The van der Waals surface area contributed by atoms with Crippen LogP contribution in [0.2, 0.25) is 0 Å². The van der Waals surface area contributed by atoms with E-state index in [4.69, 9.17) is 14.3 Å². The average molecular weight is 585 g/mol. The van der Waals surface area contributed by atoms with Crippen LogP contribution in [0.3, 0.4) is 0 Å². The van der Waals surface area contributed by atoms with Crippen molar-refractivity contribution in [3.63, 3.8) is 0 Å². The molecule has 41 heavy (non-hydrogen) atoms. The van der Waals surface area contributed by atoms with E-state index >= 15 is 0 Å². The van der Waals surface area contributed by atoms with Crippen LogP contribution in [0, 0.1) is 10.8 Å². The molecule has 0 saturated carbocycles. The van der Waals surface area contributed by atoms with Crippen LogP contribution in [0.1, 0.15) is 150 Å². The number of esters is 1. The third-order valence-electron chi connectivity index (χ3n) is 5.18. The van der Waals surface area contributed by atoms with Crippen LogP contribution in [0.25, 0.3) is 0 Å². The van der Waals surface area contributed by atoms with E-state index in [2.05, 4.69) is 67.5 Å². The van der Waals surface area contributed by atoms with Gasteiger partial charge in [0.1, 0.15) is 18.3 Å². The first-order valence-corrected chi connectivity index (χ1v) is 15.7. The van der Waals surface area contributed by atoms with Gasteiger partial charge in [0.05, 0.1) is 12.3 Å². The quantitative estimate of drug-likeness (QED) is 0.265. The van der Waals surface area contributed by atoms with Gasteiger partial charge in [-0.15, -0.1) is 0 Å². The fourth-order valence-electron chi connectivity index (χ4n) is 3.22. The molecule has 3 aliphatic rings. The Morgan fingerprint density at radius 2 is 1.20 bits per heavy atom. The number of ether oxygens (including phenoxy) is 2. The molecule has 1 amide bonds. The van der Waals surface area contributed by atoms with E-state index in [0.717, 1.165) is 12.0 Å². The molecule has 3 rings (SSSR count). The van der Waals surface area contributed by atoms with Gasteiger partial charge in [0.15, 0.2) is 0 Å².